The van der Waals surface area contributed by atoms with Crippen LogP contribution in [0.1, 0.15) is 52.9 Å². The van der Waals surface area contributed by atoms with Gasteiger partial charge in [0.1, 0.15) is 5.75 Å². The number of likely N-dealkylation sites (tertiary alicyclic amines) is 1. The highest BCUT2D eigenvalue weighted by molar-refractivity contribution is 5.97. The Labute approximate surface area is 192 Å². The average molecular weight is 450 g/mol. The number of methoxy groups -OCH3 is 1. The Morgan fingerprint density at radius 1 is 1.16 bits per heavy atom. The lowest BCUT2D eigenvalue weighted by molar-refractivity contribution is 0.147. The Kier molecular flexibility index (Phi) is 7.21. The summed E-state index contributed by atoms with van der Waals surface area (Å²) in [5.74, 6) is 1.70. The van der Waals surface area contributed by atoms with Crippen molar-refractivity contribution in [2.45, 2.75) is 52.9 Å². The van der Waals surface area contributed by atoms with E-state index in [4.69, 9.17) is 9.57 Å². The van der Waals surface area contributed by atoms with Gasteiger partial charge in [-0.25, -0.2) is 4.79 Å². The van der Waals surface area contributed by atoms with E-state index in [1.807, 2.05) is 0 Å². The Morgan fingerprint density at radius 3 is 2.48 bits per heavy atom. The number of halogens is 1. The van der Waals surface area contributed by atoms with Gasteiger partial charge in [0.15, 0.2) is 0 Å². The van der Waals surface area contributed by atoms with Crippen LogP contribution in [-0.4, -0.2) is 43.4 Å². The fraction of sp³-hybridized carbons (Fsp3) is 0.667. The summed E-state index contributed by atoms with van der Waals surface area (Å²) in [6.45, 7) is 10.4. The number of carbonyl (C=O) groups is 1. The van der Waals surface area contributed by atoms with E-state index in [0.29, 0.717) is 17.5 Å². The van der Waals surface area contributed by atoms with Gasteiger partial charge in [0.2, 0.25) is 0 Å². The van der Waals surface area contributed by atoms with Crippen LogP contribution < -0.4 is 10.1 Å². The first-order valence-corrected chi connectivity index (χ1v) is 11.3. The number of rotatable bonds is 5. The first-order chi connectivity index (χ1) is 14.3. The molecule has 0 radical (unpaired) electrons. The minimum absolute atomic E-state index is 0. The molecule has 2 bridgehead atoms. The van der Waals surface area contributed by atoms with Crippen molar-refractivity contribution in [1.82, 2.24) is 4.90 Å². The van der Waals surface area contributed by atoms with E-state index in [9.17, 15) is 4.79 Å². The third-order valence-corrected chi connectivity index (χ3v) is 8.17. The number of nitrogens with one attached hydrogen (secondary N) is 1. The molecule has 7 heteroatoms. The summed E-state index contributed by atoms with van der Waals surface area (Å²) in [5, 5.41) is 7.26. The molecular weight excluding hydrogens is 414 g/mol. The summed E-state index contributed by atoms with van der Waals surface area (Å²) >= 11 is 0. The molecule has 1 heterocycles. The molecule has 1 aromatic rings. The highest BCUT2D eigenvalue weighted by Gasteiger charge is 2.65. The number of amides is 1. The Balaban J connectivity index is 0.00000272. The van der Waals surface area contributed by atoms with Crippen molar-refractivity contribution in [2.24, 2.45) is 27.8 Å². The van der Waals surface area contributed by atoms with Gasteiger partial charge < -0.3 is 9.64 Å². The van der Waals surface area contributed by atoms with Gasteiger partial charge in [0, 0.05) is 23.6 Å². The van der Waals surface area contributed by atoms with Gasteiger partial charge in [-0.2, -0.15) is 0 Å². The van der Waals surface area contributed by atoms with Crippen LogP contribution in [-0.2, 0) is 4.84 Å². The highest BCUT2D eigenvalue weighted by Crippen LogP contribution is 2.66. The van der Waals surface area contributed by atoms with Gasteiger partial charge in [-0.05, 0) is 74.4 Å². The maximum atomic E-state index is 12.4. The van der Waals surface area contributed by atoms with Crippen molar-refractivity contribution in [2.75, 3.05) is 32.1 Å². The zero-order chi connectivity index (χ0) is 21.4. The molecule has 2 saturated carbocycles. The van der Waals surface area contributed by atoms with Crippen LogP contribution in [0.3, 0.4) is 0 Å². The lowest BCUT2D eigenvalue weighted by Gasteiger charge is -2.34. The summed E-state index contributed by atoms with van der Waals surface area (Å²) in [6.07, 6.45) is 5.70. The number of carbonyl (C=O) groups excluding carboxylic acids is 1. The van der Waals surface area contributed by atoms with Crippen molar-refractivity contribution >= 4 is 29.9 Å². The molecule has 3 fully saturated rings. The van der Waals surface area contributed by atoms with Crippen molar-refractivity contribution in [3.63, 3.8) is 0 Å². The van der Waals surface area contributed by atoms with Crippen LogP contribution in [0.5, 0.6) is 5.75 Å². The maximum absolute atomic E-state index is 12.4. The molecular formula is C24H36ClN3O3. The lowest BCUT2D eigenvalue weighted by Crippen LogP contribution is -2.41. The number of anilines is 1. The first-order valence-electron chi connectivity index (χ1n) is 11.3. The summed E-state index contributed by atoms with van der Waals surface area (Å²) in [4.78, 5) is 20.4. The molecule has 0 spiro atoms. The highest BCUT2D eigenvalue weighted by atomic mass is 35.5. The molecule has 1 amide bonds. The monoisotopic (exact) mass is 449 g/mol. The topological polar surface area (TPSA) is 63.2 Å². The molecule has 2 aliphatic carbocycles. The van der Waals surface area contributed by atoms with Crippen molar-refractivity contribution in [3.8, 4) is 5.75 Å². The average Bonchev–Trinajstić information content (AvgIpc) is 3.06. The van der Waals surface area contributed by atoms with E-state index in [1.54, 1.807) is 31.4 Å². The van der Waals surface area contributed by atoms with E-state index >= 15 is 0 Å². The second-order valence-electron chi connectivity index (χ2n) is 9.88. The number of benzene rings is 1. The summed E-state index contributed by atoms with van der Waals surface area (Å²) in [6, 6.07) is 7.17. The molecule has 1 unspecified atom stereocenters. The normalized spacial score (nSPS) is 30.6. The Hall–Kier alpha value is -1.79. The third kappa shape index (κ3) is 4.42. The first kappa shape index (κ1) is 23.9. The summed E-state index contributed by atoms with van der Waals surface area (Å²) in [5.41, 5.74) is 1.89. The molecule has 1 N–H and O–H groups in total. The number of piperidine rings is 1. The number of hydrogen-bond acceptors (Lipinski definition) is 5. The van der Waals surface area contributed by atoms with Gasteiger partial charge in [0.05, 0.1) is 12.8 Å². The van der Waals surface area contributed by atoms with Crippen molar-refractivity contribution < 1.29 is 14.4 Å². The van der Waals surface area contributed by atoms with E-state index in [-0.39, 0.29) is 23.2 Å². The smallest absolute Gasteiger partial charge is 0.437 e. The number of hydrogen-bond donors (Lipinski definition) is 1. The molecule has 6 nitrogen and oxygen atoms in total. The molecule has 3 aliphatic rings. The van der Waals surface area contributed by atoms with Crippen LogP contribution in [0.25, 0.3) is 0 Å². The minimum atomic E-state index is -0.548. The summed E-state index contributed by atoms with van der Waals surface area (Å²) < 4.78 is 5.15. The van der Waals surface area contributed by atoms with Crippen LogP contribution in [0.2, 0.25) is 0 Å². The van der Waals surface area contributed by atoms with Gasteiger partial charge in [0.25, 0.3) is 0 Å². The molecule has 172 valence electrons. The predicted molar refractivity (Wildman–Crippen MR) is 126 cm³/mol. The van der Waals surface area contributed by atoms with Gasteiger partial charge in [-0.15, -0.1) is 12.4 Å². The van der Waals surface area contributed by atoms with Crippen LogP contribution in [0.15, 0.2) is 29.4 Å². The molecule has 31 heavy (non-hydrogen) atoms. The van der Waals surface area contributed by atoms with E-state index in [2.05, 4.69) is 36.1 Å². The molecule has 4 rings (SSSR count). The fourth-order valence-corrected chi connectivity index (χ4v) is 6.01. The van der Waals surface area contributed by atoms with Gasteiger partial charge >= 0.3 is 6.09 Å². The number of ether oxygens (including phenoxy) is 1. The van der Waals surface area contributed by atoms with E-state index in [1.165, 1.54) is 38.8 Å². The van der Waals surface area contributed by atoms with E-state index in [0.717, 1.165) is 24.4 Å². The Bertz CT molecular complexity index is 805. The lowest BCUT2D eigenvalue weighted by atomic mass is 9.70. The van der Waals surface area contributed by atoms with Crippen molar-refractivity contribution in [1.29, 1.82) is 0 Å². The number of nitrogens with zero attached hydrogens (tertiary/aromatic N) is 2. The maximum Gasteiger partial charge on any atom is 0.437 e. The van der Waals surface area contributed by atoms with Gasteiger partial charge in [-0.1, -0.05) is 32.3 Å². The second kappa shape index (κ2) is 9.37. The fourth-order valence-electron chi connectivity index (χ4n) is 6.01. The molecule has 3 atom stereocenters. The largest absolute Gasteiger partial charge is 0.497 e. The van der Waals surface area contributed by atoms with Crippen LogP contribution in [0.4, 0.5) is 10.5 Å². The van der Waals surface area contributed by atoms with Gasteiger partial charge in [-0.3, -0.25) is 10.2 Å². The SMILES string of the molecule is COc1ccc(NC(=O)O/N=C2/C(CN3CCCCC3)[C@H]3CC[C@]2(C)C3(C)C)cc1.Cl. The Morgan fingerprint density at radius 2 is 1.84 bits per heavy atom. The molecule has 1 aliphatic heterocycles. The second-order valence-corrected chi connectivity index (χ2v) is 9.88. The zero-order valence-electron chi connectivity index (χ0n) is 19.1. The van der Waals surface area contributed by atoms with E-state index < -0.39 is 6.09 Å². The summed E-state index contributed by atoms with van der Waals surface area (Å²) in [7, 11) is 1.62. The third-order valence-electron chi connectivity index (χ3n) is 8.17. The quantitative estimate of drug-likeness (QED) is 0.470. The minimum Gasteiger partial charge on any atom is -0.497 e. The van der Waals surface area contributed by atoms with Crippen LogP contribution in [0, 0.1) is 22.7 Å². The molecule has 1 saturated heterocycles. The van der Waals surface area contributed by atoms with Crippen molar-refractivity contribution in [3.05, 3.63) is 24.3 Å². The molecule has 1 aromatic carbocycles. The number of oxime groups is 1. The predicted octanol–water partition coefficient (Wildman–Crippen LogP) is 5.58. The van der Waals surface area contributed by atoms with Crippen LogP contribution >= 0.6 is 12.4 Å². The standard InChI is InChI=1S/C24H35N3O3.ClH/c1-23(2)20-12-13-24(23,3)21(19(20)16-27-14-6-5-7-15-27)26-30-22(28)25-17-8-10-18(29-4)11-9-17;/h8-11,19-20H,5-7,12-16H2,1-4H3,(H,25,28);1H/b26-21-;/t19?,20-,24+;/m1./s1. The number of fused-ring (bicyclic) bond motifs is 2. The zero-order valence-corrected chi connectivity index (χ0v) is 20.0. The molecule has 0 aromatic heterocycles.